The van der Waals surface area contributed by atoms with Crippen molar-refractivity contribution in [1.29, 1.82) is 0 Å². The third-order valence-corrected chi connectivity index (χ3v) is 18.2. The Morgan fingerprint density at radius 3 is 1.43 bits per heavy atom. The lowest BCUT2D eigenvalue weighted by molar-refractivity contribution is -0.134. The minimum absolute atomic E-state index is 0.00165. The van der Waals surface area contributed by atoms with Gasteiger partial charge in [-0.15, -0.1) is 0 Å². The molecule has 2 fully saturated rings. The third-order valence-electron chi connectivity index (χ3n) is 16.7. The topological polar surface area (TPSA) is 303 Å². The SMILES string of the molecule is CC(C)CC(NC(=O)[C@H](Cc1ccccc1)C[C@@H](O)[C@H](Cc1ccccc1)NC(=O)OC(C)(C)C)C(=O)NC(Cc1ccccc1)C(=O)NCCCCCNC(=O)CCCCCNC(=O)CCCCCNC(=O)CCCCCNC(=O)CCCCC1SCC2NC(=O)NC21. The van der Waals surface area contributed by atoms with Crippen LogP contribution in [0.5, 0.6) is 0 Å². The number of hydrogen-bond acceptors (Lipinski definition) is 12. The first-order valence-corrected chi connectivity index (χ1v) is 35.7. The minimum atomic E-state index is -1.19. The molecule has 0 spiro atoms. The molecule has 8 atom stereocenters. The van der Waals surface area contributed by atoms with Crippen LogP contribution in [0.3, 0.4) is 0 Å². The van der Waals surface area contributed by atoms with Crippen LogP contribution in [0.1, 0.15) is 186 Å². The average molecular weight is 1320 g/mol. The number of amides is 10. The van der Waals surface area contributed by atoms with Gasteiger partial charge in [0.2, 0.25) is 41.4 Å². The predicted molar refractivity (Wildman–Crippen MR) is 369 cm³/mol. The van der Waals surface area contributed by atoms with Gasteiger partial charge in [0.25, 0.3) is 0 Å². The quantitative estimate of drug-likeness (QED) is 0.0189. The first-order chi connectivity index (χ1) is 45.2. The van der Waals surface area contributed by atoms with E-state index in [0.29, 0.717) is 76.5 Å². The highest BCUT2D eigenvalue weighted by molar-refractivity contribution is 8.00. The summed E-state index contributed by atoms with van der Waals surface area (Å²) in [6.07, 6.45) is 12.9. The summed E-state index contributed by atoms with van der Waals surface area (Å²) in [5.74, 6) is -1.16. The van der Waals surface area contributed by atoms with Gasteiger partial charge in [-0.1, -0.05) is 131 Å². The van der Waals surface area contributed by atoms with E-state index in [-0.39, 0.29) is 85.7 Å². The van der Waals surface area contributed by atoms with E-state index in [9.17, 15) is 48.3 Å². The summed E-state index contributed by atoms with van der Waals surface area (Å²) >= 11 is 1.89. The van der Waals surface area contributed by atoms with E-state index in [1.807, 2.05) is 117 Å². The molecule has 2 aliphatic rings. The molecule has 2 saturated heterocycles. The van der Waals surface area contributed by atoms with Crippen molar-refractivity contribution in [3.63, 3.8) is 0 Å². The molecule has 21 nitrogen and oxygen atoms in total. The van der Waals surface area contributed by atoms with Gasteiger partial charge in [0.15, 0.2) is 0 Å². The van der Waals surface area contributed by atoms with Gasteiger partial charge in [-0.3, -0.25) is 33.6 Å². The molecular weight excluding hydrogens is 1210 g/mol. The van der Waals surface area contributed by atoms with Crippen LogP contribution in [0.25, 0.3) is 0 Å². The van der Waals surface area contributed by atoms with Crippen molar-refractivity contribution in [2.45, 2.75) is 236 Å². The van der Waals surface area contributed by atoms with Crippen molar-refractivity contribution in [2.75, 3.05) is 38.5 Å². The molecular formula is C72H110N10O11S. The largest absolute Gasteiger partial charge is 0.444 e. The number of hydrogen-bond donors (Lipinski definition) is 11. The van der Waals surface area contributed by atoms with Gasteiger partial charge < -0.3 is 63.0 Å². The Balaban J connectivity index is 0.912. The van der Waals surface area contributed by atoms with Crippen molar-refractivity contribution < 1.29 is 53.0 Å². The maximum atomic E-state index is 14.6. The van der Waals surface area contributed by atoms with Crippen molar-refractivity contribution in [3.8, 4) is 0 Å². The standard InChI is InChI=1S/C72H110N10O11S/c1-51(2)45-57(78-67(88)55(46-52-29-13-6-14-30-52)49-60(83)56(47-53-31-15-7-16-32-53)81-71(92)93-72(3,4)5)69(90)79-58(48-54-33-17-8-18-34-54)68(89)77-44-28-12-27-43-76-64(86)38-21-10-25-41-74-62(84)36-19-9-24-40-73-63(85)37-20-11-26-42-75-65(87)39-23-22-35-61-66-59(50-94-61)80-70(91)82-66/h6-8,13-18,29-34,51,55-61,66,83H,9-12,19-28,35-50H2,1-5H3,(H,73,85)(H,74,84)(H,75,87)(H,76,86)(H,77,89)(H,78,88)(H,79,90)(H,81,92)(H2,80,82,91)/t55-,56+,57?,58?,59?,60-,61?,66?/m1/s1. The number of carbonyl (C=O) groups excluding carboxylic acids is 9. The van der Waals surface area contributed by atoms with Gasteiger partial charge in [-0.2, -0.15) is 11.8 Å². The van der Waals surface area contributed by atoms with Crippen LogP contribution in [0.4, 0.5) is 9.59 Å². The number of thioether (sulfide) groups is 1. The summed E-state index contributed by atoms with van der Waals surface area (Å²) in [5, 5.41) is 42.0. The Hall–Kier alpha value is -7.20. The van der Waals surface area contributed by atoms with E-state index in [0.717, 1.165) is 106 Å². The summed E-state index contributed by atoms with van der Waals surface area (Å²) in [6, 6.07) is 25.8. The number of ether oxygens (including phenoxy) is 1. The number of nitrogens with one attached hydrogen (secondary N) is 10. The molecule has 0 bridgehead atoms. The Labute approximate surface area is 562 Å². The highest BCUT2D eigenvalue weighted by Crippen LogP contribution is 2.33. The number of urea groups is 1. The van der Waals surface area contributed by atoms with Gasteiger partial charge in [0, 0.05) is 81.7 Å². The predicted octanol–water partition coefficient (Wildman–Crippen LogP) is 8.15. The second kappa shape index (κ2) is 43.7. The Bertz CT molecular complexity index is 2760. The molecule has 5 unspecified atom stereocenters. The van der Waals surface area contributed by atoms with Crippen LogP contribution in [0.15, 0.2) is 91.0 Å². The van der Waals surface area contributed by atoms with Crippen LogP contribution in [-0.2, 0) is 57.6 Å². The molecule has 11 N–H and O–H groups in total. The fourth-order valence-electron chi connectivity index (χ4n) is 11.6. The van der Waals surface area contributed by atoms with Gasteiger partial charge in [-0.05, 0) is 140 Å². The number of unbranched alkanes of at least 4 members (excludes halogenated alkanes) is 9. The molecule has 520 valence electrons. The summed E-state index contributed by atoms with van der Waals surface area (Å²) in [4.78, 5) is 117. The Morgan fingerprint density at radius 2 is 0.947 bits per heavy atom. The monoisotopic (exact) mass is 1320 g/mol. The van der Waals surface area contributed by atoms with Gasteiger partial charge in [0.1, 0.15) is 17.7 Å². The number of rotatable bonds is 46. The fraction of sp³-hybridized carbons (Fsp3) is 0.625. The lowest BCUT2D eigenvalue weighted by Crippen LogP contribution is -2.56. The number of alkyl carbamates (subject to hydrolysis) is 1. The molecule has 2 aliphatic heterocycles. The zero-order valence-electron chi connectivity index (χ0n) is 56.5. The first kappa shape index (κ1) is 77.5. The van der Waals surface area contributed by atoms with E-state index in [2.05, 4.69) is 53.2 Å². The van der Waals surface area contributed by atoms with Gasteiger partial charge in [0.05, 0.1) is 24.2 Å². The molecule has 0 radical (unpaired) electrons. The first-order valence-electron chi connectivity index (χ1n) is 34.6. The van der Waals surface area contributed by atoms with Crippen molar-refractivity contribution in [3.05, 3.63) is 108 Å². The zero-order valence-corrected chi connectivity index (χ0v) is 57.3. The second-order valence-corrected chi connectivity index (χ2v) is 27.9. The summed E-state index contributed by atoms with van der Waals surface area (Å²) in [5.41, 5.74) is 1.78. The molecule has 5 rings (SSSR count). The molecule has 3 aromatic rings. The van der Waals surface area contributed by atoms with E-state index >= 15 is 0 Å². The highest BCUT2D eigenvalue weighted by Gasteiger charge is 2.42. The van der Waals surface area contributed by atoms with Crippen LogP contribution in [0.2, 0.25) is 0 Å². The Morgan fingerprint density at radius 1 is 0.511 bits per heavy atom. The smallest absolute Gasteiger partial charge is 0.407 e. The summed E-state index contributed by atoms with van der Waals surface area (Å²) in [7, 11) is 0. The molecule has 2 heterocycles. The maximum Gasteiger partial charge on any atom is 0.407 e. The molecule has 0 saturated carbocycles. The molecule has 22 heteroatoms. The number of aliphatic hydroxyl groups is 1. The number of aliphatic hydroxyl groups excluding tert-OH is 1. The normalized spacial score (nSPS) is 16.6. The van der Waals surface area contributed by atoms with Crippen molar-refractivity contribution in [1.82, 2.24) is 53.2 Å². The Kier molecular flexibility index (Phi) is 36.0. The van der Waals surface area contributed by atoms with Crippen LogP contribution in [0, 0.1) is 11.8 Å². The van der Waals surface area contributed by atoms with Crippen molar-refractivity contribution >= 4 is 65.2 Å². The summed E-state index contributed by atoms with van der Waals surface area (Å²) < 4.78 is 5.57. The van der Waals surface area contributed by atoms with Crippen LogP contribution in [-0.4, -0.2) is 144 Å². The van der Waals surface area contributed by atoms with Gasteiger partial charge in [-0.25, -0.2) is 9.59 Å². The molecule has 0 aliphatic carbocycles. The molecule has 3 aromatic carbocycles. The molecule has 10 amide bonds. The zero-order chi connectivity index (χ0) is 67.9. The number of benzene rings is 3. The second-order valence-electron chi connectivity index (χ2n) is 26.6. The average Bonchev–Trinajstić information content (AvgIpc) is 1.65. The maximum absolute atomic E-state index is 14.6. The van der Waals surface area contributed by atoms with E-state index in [1.165, 1.54) is 0 Å². The van der Waals surface area contributed by atoms with Crippen LogP contribution < -0.4 is 53.2 Å². The van der Waals surface area contributed by atoms with Gasteiger partial charge >= 0.3 is 12.1 Å². The lowest BCUT2D eigenvalue weighted by Gasteiger charge is -2.30. The molecule has 94 heavy (non-hydrogen) atoms. The van der Waals surface area contributed by atoms with E-state index in [1.54, 1.807) is 20.8 Å². The van der Waals surface area contributed by atoms with E-state index in [4.69, 9.17) is 4.74 Å². The van der Waals surface area contributed by atoms with Crippen molar-refractivity contribution in [2.24, 2.45) is 11.8 Å². The lowest BCUT2D eigenvalue weighted by atomic mass is 9.88. The highest BCUT2D eigenvalue weighted by atomic mass is 32.2. The summed E-state index contributed by atoms with van der Waals surface area (Å²) in [6.45, 7) is 11.8. The fourth-order valence-corrected chi connectivity index (χ4v) is 13.2. The van der Waals surface area contributed by atoms with Crippen LogP contribution >= 0.6 is 11.8 Å². The minimum Gasteiger partial charge on any atom is -0.444 e. The third kappa shape index (κ3) is 32.8. The molecule has 0 aromatic heterocycles. The number of carbonyl (C=O) groups is 9. The van der Waals surface area contributed by atoms with E-state index < -0.39 is 53.7 Å². The number of fused-ring (bicyclic) bond motifs is 1.